The summed E-state index contributed by atoms with van der Waals surface area (Å²) in [7, 11) is 0. The highest BCUT2D eigenvalue weighted by atomic mass is 16.5. The van der Waals surface area contributed by atoms with Crippen molar-refractivity contribution < 1.29 is 14.3 Å². The molecule has 1 amide bonds. The number of hydrogen-bond donors (Lipinski definition) is 2. The van der Waals surface area contributed by atoms with E-state index in [1.54, 1.807) is 37.3 Å². The normalized spacial score (nSPS) is 14.7. The first kappa shape index (κ1) is 30.5. The Kier molecular flexibility index (Phi) is 8.80. The number of ether oxygens (including phenoxy) is 2. The van der Waals surface area contributed by atoms with E-state index >= 15 is 0 Å². The Bertz CT molecular complexity index is 1770. The van der Waals surface area contributed by atoms with Crippen LogP contribution in [0.2, 0.25) is 0 Å². The van der Waals surface area contributed by atoms with E-state index in [-0.39, 0.29) is 24.0 Å². The second-order valence-corrected chi connectivity index (χ2v) is 11.2. The molecule has 1 saturated heterocycles. The Morgan fingerprint density at radius 1 is 1.20 bits per heavy atom. The highest BCUT2D eigenvalue weighted by Crippen LogP contribution is 2.26. The number of imidazole rings is 1. The van der Waals surface area contributed by atoms with Crippen LogP contribution in [0.3, 0.4) is 0 Å². The molecule has 228 valence electrons. The molecule has 3 heterocycles. The maximum Gasteiger partial charge on any atom is 0.335 e. The summed E-state index contributed by atoms with van der Waals surface area (Å²) in [6.45, 7) is 9.83. The molecule has 1 atom stereocenters. The molecule has 2 aromatic heterocycles. The predicted octanol–water partition coefficient (Wildman–Crippen LogP) is 3.41. The van der Waals surface area contributed by atoms with E-state index in [2.05, 4.69) is 20.2 Å². The molecule has 5 rings (SSSR count). The number of para-hydroxylation sites is 1. The summed E-state index contributed by atoms with van der Waals surface area (Å²) in [4.78, 5) is 37.7. The van der Waals surface area contributed by atoms with Gasteiger partial charge in [0.05, 0.1) is 24.9 Å². The van der Waals surface area contributed by atoms with Crippen molar-refractivity contribution in [2.75, 3.05) is 25.5 Å². The van der Waals surface area contributed by atoms with Crippen molar-refractivity contribution in [1.82, 2.24) is 29.3 Å². The molecule has 0 spiro atoms. The molecule has 12 nitrogen and oxygen atoms in total. The van der Waals surface area contributed by atoms with Crippen LogP contribution in [0.5, 0.6) is 11.5 Å². The molecule has 3 N–H and O–H groups in total. The zero-order valence-electron chi connectivity index (χ0n) is 25.2. The third-order valence-electron chi connectivity index (χ3n) is 7.65. The Labute approximate surface area is 255 Å². The van der Waals surface area contributed by atoms with Crippen LogP contribution in [0.1, 0.15) is 27.7 Å². The zero-order valence-corrected chi connectivity index (χ0v) is 25.2. The molecular formula is C32H36N8O4. The van der Waals surface area contributed by atoms with Gasteiger partial charge in [-0.2, -0.15) is 5.26 Å². The predicted molar refractivity (Wildman–Crippen MR) is 166 cm³/mol. The van der Waals surface area contributed by atoms with E-state index in [4.69, 9.17) is 15.2 Å². The molecule has 4 aromatic rings. The number of anilines is 1. The molecule has 44 heavy (non-hydrogen) atoms. The van der Waals surface area contributed by atoms with E-state index < -0.39 is 23.2 Å². The molecule has 0 aliphatic carbocycles. The van der Waals surface area contributed by atoms with Crippen LogP contribution in [0, 0.1) is 11.3 Å². The molecule has 1 aliphatic rings. The summed E-state index contributed by atoms with van der Waals surface area (Å²) in [5.41, 5.74) is 6.51. The van der Waals surface area contributed by atoms with E-state index in [9.17, 15) is 14.9 Å². The lowest BCUT2D eigenvalue weighted by atomic mass is 9.95. The first-order chi connectivity index (χ1) is 21.1. The number of carbonyl (C=O) groups excluding carboxylic acids is 1. The van der Waals surface area contributed by atoms with Crippen molar-refractivity contribution in [3.63, 3.8) is 0 Å². The van der Waals surface area contributed by atoms with Crippen molar-refractivity contribution in [3.8, 4) is 23.3 Å². The van der Waals surface area contributed by atoms with Gasteiger partial charge in [0.2, 0.25) is 0 Å². The maximum atomic E-state index is 13.8. The number of carbonyl (C=O) groups is 1. The quantitative estimate of drug-likeness (QED) is 0.196. The summed E-state index contributed by atoms with van der Waals surface area (Å²) < 4.78 is 14.1. The number of hydrogen-bond acceptors (Lipinski definition) is 9. The highest BCUT2D eigenvalue weighted by Gasteiger charge is 2.35. The Morgan fingerprint density at radius 2 is 1.89 bits per heavy atom. The minimum Gasteiger partial charge on any atom is -0.457 e. The topological polar surface area (TPSA) is 153 Å². The summed E-state index contributed by atoms with van der Waals surface area (Å²) in [5, 5.41) is 12.7. The lowest BCUT2D eigenvalue weighted by molar-refractivity contribution is -0.118. The molecule has 12 heteroatoms. The molecular weight excluding hydrogens is 560 g/mol. The van der Waals surface area contributed by atoms with Gasteiger partial charge in [-0.05, 0) is 69.8 Å². The van der Waals surface area contributed by atoms with Gasteiger partial charge in [-0.25, -0.2) is 14.8 Å². The first-order valence-electron chi connectivity index (χ1n) is 14.5. The average Bonchev–Trinajstić information content (AvgIpc) is 3.26. The lowest BCUT2D eigenvalue weighted by Crippen LogP contribution is -2.57. The average molecular weight is 597 g/mol. The summed E-state index contributed by atoms with van der Waals surface area (Å²) in [6.07, 6.45) is 2.98. The number of nitrogens with one attached hydrogen (secondary N) is 1. The maximum absolute atomic E-state index is 13.8. The zero-order chi connectivity index (χ0) is 31.4. The van der Waals surface area contributed by atoms with Crippen molar-refractivity contribution in [1.29, 1.82) is 5.26 Å². The van der Waals surface area contributed by atoms with Crippen molar-refractivity contribution in [2.24, 2.45) is 0 Å². The van der Waals surface area contributed by atoms with Crippen molar-refractivity contribution in [3.05, 3.63) is 83.1 Å². The number of aromatic nitrogens is 4. The second kappa shape index (κ2) is 12.7. The van der Waals surface area contributed by atoms with Crippen molar-refractivity contribution in [2.45, 2.75) is 51.9 Å². The van der Waals surface area contributed by atoms with Gasteiger partial charge in [0.1, 0.15) is 35.0 Å². The minimum atomic E-state index is -0.546. The van der Waals surface area contributed by atoms with Gasteiger partial charge >= 0.3 is 5.69 Å². The molecule has 0 bridgehead atoms. The summed E-state index contributed by atoms with van der Waals surface area (Å²) >= 11 is 0. The number of benzene rings is 2. The summed E-state index contributed by atoms with van der Waals surface area (Å²) in [6, 6.07) is 18.2. The number of likely N-dealkylation sites (N-methyl/N-ethyl adjacent to an activating group) is 1. The fourth-order valence-electron chi connectivity index (χ4n) is 5.54. The van der Waals surface area contributed by atoms with Crippen LogP contribution in [0.15, 0.2) is 77.4 Å². The first-order valence-corrected chi connectivity index (χ1v) is 14.5. The fourth-order valence-corrected chi connectivity index (χ4v) is 5.54. The number of amides is 1. The summed E-state index contributed by atoms with van der Waals surface area (Å²) in [5.74, 6) is 0.913. The Hall–Kier alpha value is -4.99. The lowest BCUT2D eigenvalue weighted by Gasteiger charge is -2.45. The van der Waals surface area contributed by atoms with E-state index in [0.29, 0.717) is 41.6 Å². The SMILES string of the molecule is CCN(C1COC1)C(C)(C)/C=C(\C#N)C(=O)N[C@@H](C)Cn1c(=O)n(-c2ccc(Oc3ccccc3)cc2)c2c(N)ncnc21. The number of nitrogens with zero attached hydrogens (tertiary/aromatic N) is 6. The van der Waals surface area contributed by atoms with Gasteiger partial charge in [0.15, 0.2) is 11.5 Å². The van der Waals surface area contributed by atoms with Crippen LogP contribution in [-0.2, 0) is 16.1 Å². The van der Waals surface area contributed by atoms with E-state index in [0.717, 1.165) is 6.54 Å². The van der Waals surface area contributed by atoms with Crippen LogP contribution in [0.4, 0.5) is 5.82 Å². The highest BCUT2D eigenvalue weighted by molar-refractivity contribution is 5.97. The smallest absolute Gasteiger partial charge is 0.335 e. The third kappa shape index (κ3) is 6.20. The molecule has 1 fully saturated rings. The van der Waals surface area contributed by atoms with Crippen LogP contribution >= 0.6 is 0 Å². The number of rotatable bonds is 11. The molecule has 0 unspecified atom stereocenters. The van der Waals surface area contributed by atoms with Gasteiger partial charge in [-0.15, -0.1) is 0 Å². The van der Waals surface area contributed by atoms with Gasteiger partial charge in [-0.1, -0.05) is 25.1 Å². The third-order valence-corrected chi connectivity index (χ3v) is 7.65. The largest absolute Gasteiger partial charge is 0.457 e. The minimum absolute atomic E-state index is 0.000280. The number of nitrogens with two attached hydrogens (primary N) is 1. The molecule has 0 radical (unpaired) electrons. The van der Waals surface area contributed by atoms with E-state index in [1.807, 2.05) is 57.2 Å². The molecule has 0 saturated carbocycles. The van der Waals surface area contributed by atoms with Gasteiger partial charge in [-0.3, -0.25) is 18.8 Å². The van der Waals surface area contributed by atoms with Crippen LogP contribution in [0.25, 0.3) is 16.9 Å². The van der Waals surface area contributed by atoms with E-state index in [1.165, 1.54) is 15.5 Å². The second-order valence-electron chi connectivity index (χ2n) is 11.2. The number of fused-ring (bicyclic) bond motifs is 1. The van der Waals surface area contributed by atoms with Crippen LogP contribution < -0.4 is 21.5 Å². The molecule has 2 aromatic carbocycles. The Morgan fingerprint density at radius 3 is 2.50 bits per heavy atom. The fraction of sp³-hybridized carbons (Fsp3) is 0.344. The number of nitrogen functional groups attached to an aromatic ring is 1. The van der Waals surface area contributed by atoms with Gasteiger partial charge < -0.3 is 20.5 Å². The molecule has 1 aliphatic heterocycles. The van der Waals surface area contributed by atoms with Crippen molar-refractivity contribution >= 4 is 22.9 Å². The number of nitriles is 1. The van der Waals surface area contributed by atoms with Gasteiger partial charge in [0.25, 0.3) is 5.91 Å². The Balaban J connectivity index is 1.38. The monoisotopic (exact) mass is 596 g/mol. The standard InChI is InChI=1S/C32H36N8O4/c1-5-39(24-18-43-19-24)32(3,4)15-22(16-33)30(41)37-21(2)17-38-29-27(28(34)35-20-36-29)40(31(38)42)23-11-13-26(14-12-23)44-25-9-7-6-8-10-25/h6-15,20-21,24H,5,17-19H2,1-4H3,(H,37,41)(H2,34,35,36)/b22-15+/t21-/m0/s1. The van der Waals surface area contributed by atoms with Gasteiger partial charge in [0, 0.05) is 18.1 Å². The van der Waals surface area contributed by atoms with Crippen LogP contribution in [-0.4, -0.2) is 67.3 Å².